The average Bonchev–Trinajstić information content (AvgIpc) is 3.16. The van der Waals surface area contributed by atoms with Crippen LogP contribution in [0.1, 0.15) is 12.0 Å². The third-order valence-corrected chi connectivity index (χ3v) is 4.65. The van der Waals surface area contributed by atoms with Gasteiger partial charge in [-0.15, -0.1) is 0 Å². The standard InChI is InChI=1S/C20H25FN4O2/c1-22-20(23-12-14-7-8-18(26)16(21)11-14)24-15-9-10-25(13-15)17-5-3-4-6-19(17)27-2/h3-8,11,15,26H,9-10,12-13H2,1-2H3,(H2,22,23,24). The van der Waals surface area contributed by atoms with Crippen LogP contribution in [0.2, 0.25) is 0 Å². The molecule has 1 unspecified atom stereocenters. The van der Waals surface area contributed by atoms with Crippen LogP contribution in [0, 0.1) is 5.82 Å². The zero-order valence-electron chi connectivity index (χ0n) is 15.6. The number of phenols is 1. The van der Waals surface area contributed by atoms with Crippen LogP contribution in [0.15, 0.2) is 47.5 Å². The largest absolute Gasteiger partial charge is 0.505 e. The van der Waals surface area contributed by atoms with Crippen molar-refractivity contribution in [2.75, 3.05) is 32.1 Å². The Morgan fingerprint density at radius 2 is 2.15 bits per heavy atom. The third-order valence-electron chi connectivity index (χ3n) is 4.65. The molecule has 1 saturated heterocycles. The maximum Gasteiger partial charge on any atom is 0.191 e. The molecule has 7 heteroatoms. The molecular formula is C20H25FN4O2. The number of ether oxygens (including phenoxy) is 1. The van der Waals surface area contributed by atoms with E-state index < -0.39 is 5.82 Å². The summed E-state index contributed by atoms with van der Waals surface area (Å²) in [5.41, 5.74) is 1.82. The molecule has 27 heavy (non-hydrogen) atoms. The van der Waals surface area contributed by atoms with E-state index in [1.165, 1.54) is 12.1 Å². The molecule has 0 amide bonds. The minimum Gasteiger partial charge on any atom is -0.505 e. The molecule has 0 spiro atoms. The highest BCUT2D eigenvalue weighted by Crippen LogP contribution is 2.30. The second-order valence-corrected chi connectivity index (χ2v) is 6.46. The van der Waals surface area contributed by atoms with E-state index in [1.807, 2.05) is 18.2 Å². The Kier molecular flexibility index (Phi) is 6.01. The molecular weight excluding hydrogens is 347 g/mol. The van der Waals surface area contributed by atoms with Crippen molar-refractivity contribution < 1.29 is 14.2 Å². The van der Waals surface area contributed by atoms with Gasteiger partial charge in [-0.2, -0.15) is 0 Å². The van der Waals surface area contributed by atoms with Gasteiger partial charge in [-0.05, 0) is 36.2 Å². The van der Waals surface area contributed by atoms with Crippen molar-refractivity contribution in [3.8, 4) is 11.5 Å². The lowest BCUT2D eigenvalue weighted by atomic mass is 10.2. The number of phenolic OH excluding ortho intramolecular Hbond substituents is 1. The first-order chi connectivity index (χ1) is 13.1. The van der Waals surface area contributed by atoms with Gasteiger partial charge in [0.05, 0.1) is 12.8 Å². The Bertz CT molecular complexity index is 812. The van der Waals surface area contributed by atoms with Crippen LogP contribution in [0.3, 0.4) is 0 Å². The summed E-state index contributed by atoms with van der Waals surface area (Å²) in [5.74, 6) is 0.564. The first-order valence-corrected chi connectivity index (χ1v) is 8.93. The van der Waals surface area contributed by atoms with Crippen molar-refractivity contribution in [2.45, 2.75) is 19.0 Å². The molecule has 1 atom stereocenters. The van der Waals surface area contributed by atoms with Gasteiger partial charge in [0.25, 0.3) is 0 Å². The number of halogens is 1. The summed E-state index contributed by atoms with van der Waals surface area (Å²) in [4.78, 5) is 6.54. The average molecular weight is 372 g/mol. The van der Waals surface area contributed by atoms with Crippen molar-refractivity contribution in [3.63, 3.8) is 0 Å². The lowest BCUT2D eigenvalue weighted by Gasteiger charge is -2.22. The third kappa shape index (κ3) is 4.61. The van der Waals surface area contributed by atoms with Gasteiger partial charge in [-0.3, -0.25) is 4.99 Å². The van der Waals surface area contributed by atoms with Gasteiger partial charge in [-0.1, -0.05) is 18.2 Å². The van der Waals surface area contributed by atoms with E-state index in [1.54, 1.807) is 20.2 Å². The summed E-state index contributed by atoms with van der Waals surface area (Å²) in [5, 5.41) is 15.9. The Morgan fingerprint density at radius 3 is 2.89 bits per heavy atom. The molecule has 0 aliphatic carbocycles. The minimum atomic E-state index is -0.625. The number of nitrogens with one attached hydrogen (secondary N) is 2. The highest BCUT2D eigenvalue weighted by Gasteiger charge is 2.25. The van der Waals surface area contributed by atoms with Crippen molar-refractivity contribution in [1.82, 2.24) is 10.6 Å². The van der Waals surface area contributed by atoms with Crippen molar-refractivity contribution in [2.24, 2.45) is 4.99 Å². The van der Waals surface area contributed by atoms with Crippen molar-refractivity contribution >= 4 is 11.6 Å². The Morgan fingerprint density at radius 1 is 1.33 bits per heavy atom. The summed E-state index contributed by atoms with van der Waals surface area (Å²) in [6.45, 7) is 2.19. The fourth-order valence-corrected chi connectivity index (χ4v) is 3.22. The molecule has 0 radical (unpaired) electrons. The van der Waals surface area contributed by atoms with Gasteiger partial charge >= 0.3 is 0 Å². The lowest BCUT2D eigenvalue weighted by molar-refractivity contribution is 0.415. The maximum absolute atomic E-state index is 13.4. The minimum absolute atomic E-state index is 0.248. The lowest BCUT2D eigenvalue weighted by Crippen LogP contribution is -2.44. The van der Waals surface area contributed by atoms with Crippen LogP contribution in [0.4, 0.5) is 10.1 Å². The first kappa shape index (κ1) is 18.8. The second kappa shape index (κ2) is 8.62. The zero-order chi connectivity index (χ0) is 19.2. The van der Waals surface area contributed by atoms with Crippen LogP contribution >= 0.6 is 0 Å². The van der Waals surface area contributed by atoms with Gasteiger partial charge in [0.1, 0.15) is 5.75 Å². The molecule has 144 valence electrons. The number of benzene rings is 2. The number of anilines is 1. The zero-order valence-corrected chi connectivity index (χ0v) is 15.6. The van der Waals surface area contributed by atoms with Gasteiger partial charge in [0.2, 0.25) is 0 Å². The number of para-hydroxylation sites is 2. The van der Waals surface area contributed by atoms with Crippen LogP contribution in [-0.4, -0.2) is 44.4 Å². The van der Waals surface area contributed by atoms with E-state index in [2.05, 4.69) is 26.6 Å². The fourth-order valence-electron chi connectivity index (χ4n) is 3.22. The van der Waals surface area contributed by atoms with Crippen LogP contribution < -0.4 is 20.3 Å². The number of hydrogen-bond acceptors (Lipinski definition) is 4. The van der Waals surface area contributed by atoms with Gasteiger partial charge < -0.3 is 25.4 Å². The predicted octanol–water partition coefficient (Wildman–Crippen LogP) is 2.48. The Labute approximate surface area is 158 Å². The van der Waals surface area contributed by atoms with Gasteiger partial charge in [0, 0.05) is 32.7 Å². The van der Waals surface area contributed by atoms with Crippen molar-refractivity contribution in [3.05, 3.63) is 53.8 Å². The number of nitrogens with zero attached hydrogens (tertiary/aromatic N) is 2. The van der Waals surface area contributed by atoms with Crippen LogP contribution in [0.5, 0.6) is 11.5 Å². The van der Waals surface area contributed by atoms with Crippen LogP contribution in [-0.2, 0) is 6.54 Å². The van der Waals surface area contributed by atoms with Crippen molar-refractivity contribution in [1.29, 1.82) is 0 Å². The molecule has 3 rings (SSSR count). The highest BCUT2D eigenvalue weighted by atomic mass is 19.1. The summed E-state index contributed by atoms with van der Waals surface area (Å²) in [6.07, 6.45) is 0.979. The molecule has 1 aliphatic rings. The molecule has 2 aromatic rings. The number of aliphatic imine (C=N–C) groups is 1. The predicted molar refractivity (Wildman–Crippen MR) is 105 cm³/mol. The maximum atomic E-state index is 13.4. The summed E-state index contributed by atoms with van der Waals surface area (Å²) < 4.78 is 18.9. The monoisotopic (exact) mass is 372 g/mol. The molecule has 1 fully saturated rings. The molecule has 0 aromatic heterocycles. The molecule has 1 heterocycles. The summed E-state index contributed by atoms with van der Waals surface area (Å²) >= 11 is 0. The van der Waals surface area contributed by atoms with Crippen LogP contribution in [0.25, 0.3) is 0 Å². The Hall–Kier alpha value is -2.96. The normalized spacial score (nSPS) is 17.1. The molecule has 0 bridgehead atoms. The van der Waals surface area contributed by atoms with E-state index >= 15 is 0 Å². The Balaban J connectivity index is 1.55. The van der Waals surface area contributed by atoms with Gasteiger partial charge in [-0.25, -0.2) is 4.39 Å². The van der Waals surface area contributed by atoms with E-state index in [4.69, 9.17) is 4.74 Å². The number of rotatable bonds is 5. The fraction of sp³-hybridized carbons (Fsp3) is 0.350. The van der Waals surface area contributed by atoms with E-state index in [0.717, 1.165) is 36.5 Å². The smallest absolute Gasteiger partial charge is 0.191 e. The number of methoxy groups -OCH3 is 1. The van der Waals surface area contributed by atoms with E-state index in [0.29, 0.717) is 12.5 Å². The molecule has 0 saturated carbocycles. The quantitative estimate of drug-likeness (QED) is 0.556. The second-order valence-electron chi connectivity index (χ2n) is 6.46. The summed E-state index contributed by atoms with van der Waals surface area (Å²) in [6, 6.07) is 12.6. The summed E-state index contributed by atoms with van der Waals surface area (Å²) in [7, 11) is 3.39. The number of hydrogen-bond donors (Lipinski definition) is 3. The molecule has 2 aromatic carbocycles. The SMILES string of the molecule is CN=C(NCc1ccc(O)c(F)c1)NC1CCN(c2ccccc2OC)C1. The molecule has 3 N–H and O–H groups in total. The first-order valence-electron chi connectivity index (χ1n) is 8.93. The highest BCUT2D eigenvalue weighted by molar-refractivity contribution is 5.80. The topological polar surface area (TPSA) is 69.1 Å². The number of guanidine groups is 1. The molecule has 6 nitrogen and oxygen atoms in total. The molecule has 1 aliphatic heterocycles. The van der Waals surface area contributed by atoms with E-state index in [-0.39, 0.29) is 11.8 Å². The number of aromatic hydroxyl groups is 1. The van der Waals surface area contributed by atoms with Gasteiger partial charge in [0.15, 0.2) is 17.5 Å². The van der Waals surface area contributed by atoms with E-state index in [9.17, 15) is 9.50 Å².